The van der Waals surface area contributed by atoms with Gasteiger partial charge in [0.05, 0.1) is 5.69 Å². The van der Waals surface area contributed by atoms with Crippen LogP contribution in [0.3, 0.4) is 0 Å². The molecule has 1 aliphatic rings. The smallest absolute Gasteiger partial charge is 0.194 e. The van der Waals surface area contributed by atoms with Crippen LogP contribution in [0.1, 0.15) is 56.4 Å². The Kier molecular flexibility index (Phi) is 4.82. The van der Waals surface area contributed by atoms with Gasteiger partial charge in [-0.15, -0.1) is 0 Å². The predicted molar refractivity (Wildman–Crippen MR) is 76.0 cm³/mol. The van der Waals surface area contributed by atoms with Crippen molar-refractivity contribution in [1.29, 1.82) is 0 Å². The molecule has 5 nitrogen and oxygen atoms in total. The third kappa shape index (κ3) is 3.98. The van der Waals surface area contributed by atoms with Crippen molar-refractivity contribution in [2.75, 3.05) is 0 Å². The van der Waals surface area contributed by atoms with E-state index in [1.54, 1.807) is 0 Å². The van der Waals surface area contributed by atoms with Crippen LogP contribution in [0.2, 0.25) is 0 Å². The fourth-order valence-corrected chi connectivity index (χ4v) is 2.44. The van der Waals surface area contributed by atoms with Crippen molar-refractivity contribution in [1.82, 2.24) is 10.3 Å². The molecule has 5 heteroatoms. The number of nitrogens with one attached hydrogen (secondary N) is 1. The summed E-state index contributed by atoms with van der Waals surface area (Å²) in [5, 5.41) is 3.30. The van der Waals surface area contributed by atoms with Gasteiger partial charge in [0.25, 0.3) is 0 Å². The Morgan fingerprint density at radius 3 is 2.79 bits per heavy atom. The second-order valence-electron chi connectivity index (χ2n) is 5.15. The predicted octanol–water partition coefficient (Wildman–Crippen LogP) is 2.28. The molecule has 106 valence electrons. The van der Waals surface area contributed by atoms with Crippen LogP contribution in [0.5, 0.6) is 0 Å². The molecular weight excluding hydrogens is 240 g/mol. The summed E-state index contributed by atoms with van der Waals surface area (Å²) in [7, 11) is 0. The number of guanidine groups is 1. The Bertz CT molecular complexity index is 433. The zero-order chi connectivity index (χ0) is 13.7. The third-order valence-electron chi connectivity index (χ3n) is 3.59. The van der Waals surface area contributed by atoms with E-state index in [0.717, 1.165) is 23.8 Å². The molecule has 1 heterocycles. The number of aliphatic imine (C=N–C) groups is 1. The molecule has 0 aliphatic heterocycles. The average molecular weight is 264 g/mol. The first kappa shape index (κ1) is 13.9. The minimum Gasteiger partial charge on any atom is -0.443 e. The van der Waals surface area contributed by atoms with E-state index in [9.17, 15) is 0 Å². The van der Waals surface area contributed by atoms with Crippen LogP contribution < -0.4 is 11.1 Å². The monoisotopic (exact) mass is 264 g/mol. The summed E-state index contributed by atoms with van der Waals surface area (Å²) >= 11 is 0. The van der Waals surface area contributed by atoms with Crippen molar-refractivity contribution < 1.29 is 4.42 Å². The van der Waals surface area contributed by atoms with E-state index in [4.69, 9.17) is 10.2 Å². The molecule has 0 atom stereocenters. The summed E-state index contributed by atoms with van der Waals surface area (Å²) in [6.07, 6.45) is 7.10. The molecule has 1 saturated carbocycles. The Morgan fingerprint density at radius 2 is 2.16 bits per heavy atom. The first-order chi connectivity index (χ1) is 9.19. The highest BCUT2D eigenvalue weighted by Gasteiger charge is 2.13. The maximum absolute atomic E-state index is 5.92. The highest BCUT2D eigenvalue weighted by Crippen LogP contribution is 2.17. The van der Waals surface area contributed by atoms with E-state index in [0.29, 0.717) is 18.5 Å². The molecule has 1 aromatic rings. The lowest BCUT2D eigenvalue weighted by atomic mass is 9.96. The standard InChI is InChI=1S/C14H24N4O/c1-3-13-17-10(2)12(19-13)9-16-14(15)18-11-7-5-4-6-8-11/h11H,3-9H2,1-2H3,(H3,15,16,18). The second kappa shape index (κ2) is 6.59. The van der Waals surface area contributed by atoms with Gasteiger partial charge in [0.2, 0.25) is 0 Å². The normalized spacial score (nSPS) is 17.7. The molecule has 0 unspecified atom stereocenters. The van der Waals surface area contributed by atoms with Crippen LogP contribution in [0.4, 0.5) is 0 Å². The lowest BCUT2D eigenvalue weighted by molar-refractivity contribution is 0.411. The van der Waals surface area contributed by atoms with Gasteiger partial charge in [0, 0.05) is 12.5 Å². The van der Waals surface area contributed by atoms with Gasteiger partial charge in [-0.3, -0.25) is 0 Å². The van der Waals surface area contributed by atoms with Crippen LogP contribution in [-0.2, 0) is 13.0 Å². The second-order valence-corrected chi connectivity index (χ2v) is 5.15. The number of aryl methyl sites for hydroxylation is 2. The lowest BCUT2D eigenvalue weighted by Crippen LogP contribution is -2.41. The molecule has 19 heavy (non-hydrogen) atoms. The summed E-state index contributed by atoms with van der Waals surface area (Å²) in [5.41, 5.74) is 6.83. The van der Waals surface area contributed by atoms with Crippen LogP contribution in [-0.4, -0.2) is 17.0 Å². The number of nitrogens with two attached hydrogens (primary N) is 1. The number of rotatable bonds is 4. The van der Waals surface area contributed by atoms with Gasteiger partial charge in [0.15, 0.2) is 11.9 Å². The molecule has 0 bridgehead atoms. The van der Waals surface area contributed by atoms with E-state index in [2.05, 4.69) is 15.3 Å². The SMILES string of the molecule is CCc1nc(C)c(CN=C(N)NC2CCCCC2)o1. The zero-order valence-electron chi connectivity index (χ0n) is 11.9. The fraction of sp³-hybridized carbons (Fsp3) is 0.714. The van der Waals surface area contributed by atoms with Gasteiger partial charge in [-0.2, -0.15) is 0 Å². The highest BCUT2D eigenvalue weighted by molar-refractivity contribution is 5.78. The van der Waals surface area contributed by atoms with Crippen LogP contribution >= 0.6 is 0 Å². The topological polar surface area (TPSA) is 76.4 Å². The Balaban J connectivity index is 1.87. The summed E-state index contributed by atoms with van der Waals surface area (Å²) in [6, 6.07) is 0.486. The summed E-state index contributed by atoms with van der Waals surface area (Å²) < 4.78 is 5.60. The van der Waals surface area contributed by atoms with Crippen molar-refractivity contribution in [3.8, 4) is 0 Å². The Labute approximate surface area is 114 Å². The van der Waals surface area contributed by atoms with E-state index < -0.39 is 0 Å². The minimum atomic E-state index is 0.463. The van der Waals surface area contributed by atoms with Gasteiger partial charge < -0.3 is 15.5 Å². The van der Waals surface area contributed by atoms with Gasteiger partial charge in [-0.05, 0) is 19.8 Å². The summed E-state index contributed by atoms with van der Waals surface area (Å²) in [4.78, 5) is 8.67. The first-order valence-corrected chi connectivity index (χ1v) is 7.20. The third-order valence-corrected chi connectivity index (χ3v) is 3.59. The highest BCUT2D eigenvalue weighted by atomic mass is 16.4. The minimum absolute atomic E-state index is 0.463. The van der Waals surface area contributed by atoms with Gasteiger partial charge in [0.1, 0.15) is 12.3 Å². The summed E-state index contributed by atoms with van der Waals surface area (Å²) in [6.45, 7) is 4.43. The number of aromatic nitrogens is 1. The van der Waals surface area contributed by atoms with E-state index >= 15 is 0 Å². The van der Waals surface area contributed by atoms with Crippen LogP contribution in [0.25, 0.3) is 0 Å². The average Bonchev–Trinajstić information content (AvgIpc) is 2.78. The van der Waals surface area contributed by atoms with Crippen molar-refractivity contribution in [3.05, 3.63) is 17.3 Å². The fourth-order valence-electron chi connectivity index (χ4n) is 2.44. The van der Waals surface area contributed by atoms with Gasteiger partial charge >= 0.3 is 0 Å². The molecule has 0 aromatic carbocycles. The van der Waals surface area contributed by atoms with E-state index in [1.165, 1.54) is 32.1 Å². The van der Waals surface area contributed by atoms with Crippen molar-refractivity contribution in [2.45, 2.75) is 65.0 Å². The number of nitrogens with zero attached hydrogens (tertiary/aromatic N) is 2. The first-order valence-electron chi connectivity index (χ1n) is 7.20. The molecule has 3 N–H and O–H groups in total. The largest absolute Gasteiger partial charge is 0.443 e. The molecule has 0 saturated heterocycles. The quantitative estimate of drug-likeness (QED) is 0.646. The zero-order valence-corrected chi connectivity index (χ0v) is 11.9. The van der Waals surface area contributed by atoms with Crippen molar-refractivity contribution in [2.24, 2.45) is 10.7 Å². The number of hydrogen-bond donors (Lipinski definition) is 2. The Hall–Kier alpha value is -1.52. The summed E-state index contributed by atoms with van der Waals surface area (Å²) in [5.74, 6) is 2.09. The van der Waals surface area contributed by atoms with Crippen LogP contribution in [0.15, 0.2) is 9.41 Å². The molecule has 1 aliphatic carbocycles. The number of oxazole rings is 1. The van der Waals surface area contributed by atoms with E-state index in [1.807, 2.05) is 13.8 Å². The van der Waals surface area contributed by atoms with Gasteiger partial charge in [-0.25, -0.2) is 9.98 Å². The van der Waals surface area contributed by atoms with Gasteiger partial charge in [-0.1, -0.05) is 26.2 Å². The Morgan fingerprint density at radius 1 is 1.42 bits per heavy atom. The molecule has 0 spiro atoms. The molecule has 0 amide bonds. The van der Waals surface area contributed by atoms with Crippen molar-refractivity contribution in [3.63, 3.8) is 0 Å². The molecule has 0 radical (unpaired) electrons. The molecular formula is C14H24N4O. The van der Waals surface area contributed by atoms with Crippen LogP contribution in [0, 0.1) is 6.92 Å². The maximum Gasteiger partial charge on any atom is 0.194 e. The van der Waals surface area contributed by atoms with Crippen molar-refractivity contribution >= 4 is 5.96 Å². The number of hydrogen-bond acceptors (Lipinski definition) is 3. The molecule has 1 fully saturated rings. The maximum atomic E-state index is 5.92. The lowest BCUT2D eigenvalue weighted by Gasteiger charge is -2.23. The van der Waals surface area contributed by atoms with E-state index in [-0.39, 0.29) is 0 Å². The molecule has 1 aromatic heterocycles. The molecule has 2 rings (SSSR count).